The Balaban J connectivity index is 1.87. The number of sulfonamides is 1. The van der Waals surface area contributed by atoms with E-state index in [4.69, 9.17) is 4.74 Å². The highest BCUT2D eigenvalue weighted by atomic mass is 32.2. The minimum atomic E-state index is -4.04. The highest BCUT2D eigenvalue weighted by molar-refractivity contribution is 7.89. The quantitative estimate of drug-likeness (QED) is 0.322. The third kappa shape index (κ3) is 4.71. The lowest BCUT2D eigenvalue weighted by atomic mass is 10.2. The largest absolute Gasteiger partial charge is 0.378 e. The summed E-state index contributed by atoms with van der Waals surface area (Å²) in [5, 5.41) is 16.4. The molecule has 1 fully saturated rings. The van der Waals surface area contributed by atoms with Crippen molar-refractivity contribution in [2.75, 3.05) is 32.8 Å². The van der Waals surface area contributed by atoms with E-state index in [2.05, 4.69) is 15.4 Å². The van der Waals surface area contributed by atoms with Gasteiger partial charge in [0.25, 0.3) is 5.69 Å². The van der Waals surface area contributed by atoms with Crippen LogP contribution < -0.4 is 15.4 Å². The molecule has 11 heteroatoms. The van der Waals surface area contributed by atoms with Crippen molar-refractivity contribution in [3.8, 4) is 0 Å². The van der Waals surface area contributed by atoms with Crippen molar-refractivity contribution in [3.63, 3.8) is 0 Å². The maximum Gasteiger partial charge on any atom is 0.289 e. The highest BCUT2D eigenvalue weighted by Gasteiger charge is 2.25. The van der Waals surface area contributed by atoms with E-state index < -0.39 is 31.6 Å². The maximum atomic E-state index is 12.1. The number of nitrogens with one attached hydrogen (secondary N) is 3. The molecule has 0 aromatic heterocycles. The molecule has 1 heterocycles. The number of nitro benzene ring substituents is 1. The minimum Gasteiger partial charge on any atom is -0.378 e. The van der Waals surface area contributed by atoms with Crippen LogP contribution in [-0.2, 0) is 19.6 Å². The van der Waals surface area contributed by atoms with Crippen LogP contribution in [0.25, 0.3) is 0 Å². The Labute approximate surface area is 138 Å². The van der Waals surface area contributed by atoms with Gasteiger partial charge < -0.3 is 15.4 Å². The zero-order valence-electron chi connectivity index (χ0n) is 12.7. The molecule has 10 nitrogen and oxygen atoms in total. The summed E-state index contributed by atoms with van der Waals surface area (Å²) in [5.41, 5.74) is -0.502. The van der Waals surface area contributed by atoms with Gasteiger partial charge in [0.2, 0.25) is 15.9 Å². The highest BCUT2D eigenvalue weighted by Crippen LogP contribution is 2.22. The average Bonchev–Trinajstić information content (AvgIpc) is 2.59. The average molecular weight is 358 g/mol. The molecule has 0 spiro atoms. The molecule has 0 bridgehead atoms. The molecular formula is C13H18N4O6S. The van der Waals surface area contributed by atoms with Crippen molar-refractivity contribution in [1.29, 1.82) is 0 Å². The summed E-state index contributed by atoms with van der Waals surface area (Å²) in [6, 6.07) is 4.59. The molecule has 1 aromatic rings. The number of nitro groups is 1. The van der Waals surface area contributed by atoms with Gasteiger partial charge in [-0.1, -0.05) is 12.1 Å². The lowest BCUT2D eigenvalue weighted by Gasteiger charge is -2.22. The van der Waals surface area contributed by atoms with Crippen LogP contribution in [-0.4, -0.2) is 58.1 Å². The molecule has 1 aromatic carbocycles. The Morgan fingerprint density at radius 1 is 1.38 bits per heavy atom. The maximum absolute atomic E-state index is 12.1. The molecule has 2 rings (SSSR count). The van der Waals surface area contributed by atoms with Gasteiger partial charge in [0.05, 0.1) is 18.1 Å². The van der Waals surface area contributed by atoms with Gasteiger partial charge in [-0.15, -0.1) is 0 Å². The SMILES string of the molecule is O=C(NCCNS(=O)(=O)c1ccccc1[N+](=O)[O-])C1COCCN1. The number of ether oxygens (including phenoxy) is 1. The van der Waals surface area contributed by atoms with Gasteiger partial charge in [-0.2, -0.15) is 0 Å². The molecule has 1 amide bonds. The fraction of sp³-hybridized carbons (Fsp3) is 0.462. The number of carbonyl (C=O) groups is 1. The van der Waals surface area contributed by atoms with Gasteiger partial charge in [-0.05, 0) is 6.07 Å². The fourth-order valence-corrected chi connectivity index (χ4v) is 3.34. The fourth-order valence-electron chi connectivity index (χ4n) is 2.14. The molecule has 0 radical (unpaired) electrons. The summed E-state index contributed by atoms with van der Waals surface area (Å²) in [6.07, 6.45) is 0. The topological polar surface area (TPSA) is 140 Å². The molecule has 1 saturated heterocycles. The molecular weight excluding hydrogens is 340 g/mol. The summed E-state index contributed by atoms with van der Waals surface area (Å²) in [7, 11) is -4.04. The van der Waals surface area contributed by atoms with E-state index in [1.807, 2.05) is 0 Å². The third-order valence-electron chi connectivity index (χ3n) is 3.31. The van der Waals surface area contributed by atoms with Crippen LogP contribution in [0.2, 0.25) is 0 Å². The molecule has 132 valence electrons. The second kappa shape index (κ2) is 8.15. The standard InChI is InChI=1S/C13H18N4O6S/c18-13(10-9-23-8-7-14-10)15-5-6-16-24(21,22)12-4-2-1-3-11(12)17(19)20/h1-4,10,14,16H,5-9H2,(H,15,18). The number of carbonyl (C=O) groups excluding carboxylic acids is 1. The van der Waals surface area contributed by atoms with E-state index >= 15 is 0 Å². The number of amides is 1. The monoisotopic (exact) mass is 358 g/mol. The second-order valence-electron chi connectivity index (χ2n) is 5.00. The van der Waals surface area contributed by atoms with Crippen molar-refractivity contribution in [1.82, 2.24) is 15.4 Å². The van der Waals surface area contributed by atoms with Gasteiger partial charge in [0, 0.05) is 25.7 Å². The van der Waals surface area contributed by atoms with Gasteiger partial charge >= 0.3 is 0 Å². The number of hydrogen-bond donors (Lipinski definition) is 3. The zero-order valence-corrected chi connectivity index (χ0v) is 13.5. The van der Waals surface area contributed by atoms with Gasteiger partial charge in [0.15, 0.2) is 4.90 Å². The normalized spacial score (nSPS) is 18.1. The molecule has 1 aliphatic rings. The molecule has 1 aliphatic heterocycles. The van der Waals surface area contributed by atoms with Crippen LogP contribution in [0, 0.1) is 10.1 Å². The number of morpholine rings is 1. The van der Waals surface area contributed by atoms with E-state index in [0.717, 1.165) is 12.1 Å². The van der Waals surface area contributed by atoms with Gasteiger partial charge in [-0.25, -0.2) is 13.1 Å². The van der Waals surface area contributed by atoms with Crippen LogP contribution in [0.3, 0.4) is 0 Å². The van der Waals surface area contributed by atoms with Crippen LogP contribution in [0.1, 0.15) is 0 Å². The summed E-state index contributed by atoms with van der Waals surface area (Å²) in [6.45, 7) is 1.33. The molecule has 3 N–H and O–H groups in total. The summed E-state index contributed by atoms with van der Waals surface area (Å²) in [4.78, 5) is 21.5. The first-order valence-corrected chi connectivity index (χ1v) is 8.72. The number of hydrogen-bond acceptors (Lipinski definition) is 7. The van der Waals surface area contributed by atoms with Crippen molar-refractivity contribution >= 4 is 21.6 Å². The van der Waals surface area contributed by atoms with Crippen molar-refractivity contribution < 1.29 is 22.9 Å². The molecule has 1 atom stereocenters. The zero-order chi connectivity index (χ0) is 17.6. The van der Waals surface area contributed by atoms with Crippen LogP contribution in [0.4, 0.5) is 5.69 Å². The van der Waals surface area contributed by atoms with Gasteiger partial charge in [-0.3, -0.25) is 14.9 Å². The Bertz CT molecular complexity index is 702. The smallest absolute Gasteiger partial charge is 0.289 e. The minimum absolute atomic E-state index is 0.0525. The number of rotatable bonds is 7. The Morgan fingerprint density at radius 2 is 2.12 bits per heavy atom. The lowest BCUT2D eigenvalue weighted by Crippen LogP contribution is -2.52. The second-order valence-corrected chi connectivity index (χ2v) is 6.73. The molecule has 24 heavy (non-hydrogen) atoms. The predicted molar refractivity (Wildman–Crippen MR) is 83.9 cm³/mol. The molecule has 0 aliphatic carbocycles. The van der Waals surface area contributed by atoms with E-state index in [1.54, 1.807) is 0 Å². The van der Waals surface area contributed by atoms with Crippen molar-refractivity contribution in [3.05, 3.63) is 34.4 Å². The number of benzene rings is 1. The first-order valence-electron chi connectivity index (χ1n) is 7.24. The summed E-state index contributed by atoms with van der Waals surface area (Å²) >= 11 is 0. The number of para-hydroxylation sites is 1. The first kappa shape index (κ1) is 18.3. The summed E-state index contributed by atoms with van der Waals surface area (Å²) in [5.74, 6) is -0.292. The van der Waals surface area contributed by atoms with Crippen LogP contribution in [0.15, 0.2) is 29.2 Å². The molecule has 1 unspecified atom stereocenters. The first-order chi connectivity index (χ1) is 11.4. The van der Waals surface area contributed by atoms with E-state index in [0.29, 0.717) is 13.2 Å². The van der Waals surface area contributed by atoms with Crippen molar-refractivity contribution in [2.45, 2.75) is 10.9 Å². The van der Waals surface area contributed by atoms with E-state index in [9.17, 15) is 23.3 Å². The van der Waals surface area contributed by atoms with Crippen LogP contribution in [0.5, 0.6) is 0 Å². The number of nitrogens with zero attached hydrogens (tertiary/aromatic N) is 1. The van der Waals surface area contributed by atoms with Crippen molar-refractivity contribution in [2.24, 2.45) is 0 Å². The van der Waals surface area contributed by atoms with E-state index in [1.165, 1.54) is 12.1 Å². The Morgan fingerprint density at radius 3 is 2.79 bits per heavy atom. The molecule has 0 saturated carbocycles. The summed E-state index contributed by atoms with van der Waals surface area (Å²) < 4.78 is 31.7. The lowest BCUT2D eigenvalue weighted by molar-refractivity contribution is -0.387. The predicted octanol–water partition coefficient (Wildman–Crippen LogP) is -1.02. The third-order valence-corrected chi connectivity index (χ3v) is 4.81. The Hall–Kier alpha value is -2.08. The van der Waals surface area contributed by atoms with E-state index in [-0.39, 0.29) is 25.6 Å². The Kier molecular flexibility index (Phi) is 6.20. The van der Waals surface area contributed by atoms with Gasteiger partial charge in [0.1, 0.15) is 6.04 Å². The van der Waals surface area contributed by atoms with Crippen LogP contribution >= 0.6 is 0 Å².